The lowest BCUT2D eigenvalue weighted by atomic mass is 10.2. The lowest BCUT2D eigenvalue weighted by molar-refractivity contribution is 0.0780. The summed E-state index contributed by atoms with van der Waals surface area (Å²) in [5.41, 5.74) is 2.41. The van der Waals surface area contributed by atoms with Crippen molar-refractivity contribution in [2.24, 2.45) is 0 Å². The third-order valence-electron chi connectivity index (χ3n) is 4.26. The number of rotatable bonds is 4. The molecule has 0 bridgehead atoms. The SMILES string of the molecule is COc1ccc2cc(C(=O)N(C)Cc3ccc4c(c3)OCO4)[nH]c2c1. The fraction of sp³-hybridized carbons (Fsp3) is 0.211. The van der Waals surface area contributed by atoms with Gasteiger partial charge in [-0.3, -0.25) is 4.79 Å². The van der Waals surface area contributed by atoms with Crippen molar-refractivity contribution in [3.63, 3.8) is 0 Å². The zero-order valence-corrected chi connectivity index (χ0v) is 14.0. The van der Waals surface area contributed by atoms with Crippen LogP contribution in [-0.4, -0.2) is 36.7 Å². The molecule has 1 aromatic heterocycles. The van der Waals surface area contributed by atoms with Crippen LogP contribution >= 0.6 is 0 Å². The van der Waals surface area contributed by atoms with Gasteiger partial charge >= 0.3 is 0 Å². The predicted octanol–water partition coefficient (Wildman–Crippen LogP) is 3.18. The summed E-state index contributed by atoms with van der Waals surface area (Å²) < 4.78 is 15.9. The second-order valence-corrected chi connectivity index (χ2v) is 5.99. The van der Waals surface area contributed by atoms with E-state index in [2.05, 4.69) is 4.98 Å². The number of amides is 1. The number of H-pyrrole nitrogens is 1. The third-order valence-corrected chi connectivity index (χ3v) is 4.26. The van der Waals surface area contributed by atoms with Gasteiger partial charge in [0.25, 0.3) is 5.91 Å². The topological polar surface area (TPSA) is 63.8 Å². The Bertz CT molecular complexity index is 948. The second-order valence-electron chi connectivity index (χ2n) is 5.99. The fourth-order valence-electron chi connectivity index (χ4n) is 2.94. The Balaban J connectivity index is 1.53. The molecule has 1 aliphatic rings. The number of hydrogen-bond acceptors (Lipinski definition) is 4. The van der Waals surface area contributed by atoms with Crippen molar-refractivity contribution in [2.45, 2.75) is 6.54 Å². The van der Waals surface area contributed by atoms with Crippen molar-refractivity contribution in [1.29, 1.82) is 0 Å². The van der Waals surface area contributed by atoms with Crippen molar-refractivity contribution < 1.29 is 19.0 Å². The van der Waals surface area contributed by atoms with E-state index in [4.69, 9.17) is 14.2 Å². The molecule has 6 nitrogen and oxygen atoms in total. The molecule has 0 aliphatic carbocycles. The van der Waals surface area contributed by atoms with Gasteiger partial charge in [-0.25, -0.2) is 0 Å². The second kappa shape index (κ2) is 6.05. The van der Waals surface area contributed by atoms with Crippen LogP contribution in [0.25, 0.3) is 10.9 Å². The number of aromatic amines is 1. The molecule has 1 N–H and O–H groups in total. The summed E-state index contributed by atoms with van der Waals surface area (Å²) in [6.45, 7) is 0.722. The van der Waals surface area contributed by atoms with Crippen molar-refractivity contribution >= 4 is 16.8 Å². The van der Waals surface area contributed by atoms with Crippen molar-refractivity contribution in [3.8, 4) is 17.2 Å². The molecule has 4 rings (SSSR count). The number of methoxy groups -OCH3 is 1. The maximum absolute atomic E-state index is 12.7. The zero-order valence-electron chi connectivity index (χ0n) is 14.0. The van der Waals surface area contributed by atoms with Crippen LogP contribution in [-0.2, 0) is 6.54 Å². The Labute approximate surface area is 144 Å². The smallest absolute Gasteiger partial charge is 0.270 e. The zero-order chi connectivity index (χ0) is 17.4. The molecule has 0 saturated heterocycles. The predicted molar refractivity (Wildman–Crippen MR) is 93.2 cm³/mol. The minimum Gasteiger partial charge on any atom is -0.497 e. The first-order valence-electron chi connectivity index (χ1n) is 7.95. The number of carbonyl (C=O) groups excluding carboxylic acids is 1. The van der Waals surface area contributed by atoms with Crippen LogP contribution in [0.1, 0.15) is 16.1 Å². The molecule has 3 aromatic rings. The highest BCUT2D eigenvalue weighted by Gasteiger charge is 2.17. The van der Waals surface area contributed by atoms with E-state index in [-0.39, 0.29) is 12.7 Å². The van der Waals surface area contributed by atoms with Crippen LogP contribution in [0.2, 0.25) is 0 Å². The minimum atomic E-state index is -0.0761. The lowest BCUT2D eigenvalue weighted by Gasteiger charge is -2.16. The van der Waals surface area contributed by atoms with Crippen LogP contribution in [0.4, 0.5) is 0 Å². The van der Waals surface area contributed by atoms with E-state index in [0.29, 0.717) is 12.2 Å². The van der Waals surface area contributed by atoms with Crippen molar-refractivity contribution in [2.75, 3.05) is 21.0 Å². The molecule has 1 aliphatic heterocycles. The number of ether oxygens (including phenoxy) is 3. The third kappa shape index (κ3) is 2.87. The highest BCUT2D eigenvalue weighted by atomic mass is 16.7. The molecule has 25 heavy (non-hydrogen) atoms. The largest absolute Gasteiger partial charge is 0.497 e. The Morgan fingerprint density at radius 2 is 2.00 bits per heavy atom. The van der Waals surface area contributed by atoms with Gasteiger partial charge in [0.15, 0.2) is 11.5 Å². The Morgan fingerprint density at radius 3 is 2.84 bits per heavy atom. The molecule has 0 spiro atoms. The molecular weight excluding hydrogens is 320 g/mol. The van der Waals surface area contributed by atoms with Gasteiger partial charge in [0.2, 0.25) is 6.79 Å². The van der Waals surface area contributed by atoms with Gasteiger partial charge in [0, 0.05) is 30.6 Å². The van der Waals surface area contributed by atoms with E-state index in [0.717, 1.165) is 33.7 Å². The van der Waals surface area contributed by atoms with Gasteiger partial charge in [-0.2, -0.15) is 0 Å². The highest BCUT2D eigenvalue weighted by molar-refractivity contribution is 5.98. The van der Waals surface area contributed by atoms with Gasteiger partial charge < -0.3 is 24.1 Å². The molecule has 0 saturated carbocycles. The maximum Gasteiger partial charge on any atom is 0.270 e. The quantitative estimate of drug-likeness (QED) is 0.793. The average Bonchev–Trinajstić information content (AvgIpc) is 3.26. The summed E-state index contributed by atoms with van der Waals surface area (Å²) in [6.07, 6.45) is 0. The van der Waals surface area contributed by atoms with E-state index in [1.165, 1.54) is 0 Å². The summed E-state index contributed by atoms with van der Waals surface area (Å²) in [4.78, 5) is 17.5. The molecule has 0 unspecified atom stereocenters. The number of nitrogens with one attached hydrogen (secondary N) is 1. The van der Waals surface area contributed by atoms with Crippen LogP contribution in [0.15, 0.2) is 42.5 Å². The Hall–Kier alpha value is -3.15. The maximum atomic E-state index is 12.7. The monoisotopic (exact) mass is 338 g/mol. The van der Waals surface area contributed by atoms with Crippen LogP contribution in [0, 0.1) is 0 Å². The summed E-state index contributed by atoms with van der Waals surface area (Å²) >= 11 is 0. The summed E-state index contributed by atoms with van der Waals surface area (Å²) in [5, 5.41) is 0.973. The van der Waals surface area contributed by atoms with Crippen LogP contribution in [0.3, 0.4) is 0 Å². The Morgan fingerprint density at radius 1 is 1.16 bits per heavy atom. The van der Waals surface area contributed by atoms with Crippen molar-refractivity contribution in [1.82, 2.24) is 9.88 Å². The van der Waals surface area contributed by atoms with Gasteiger partial charge in [-0.1, -0.05) is 6.07 Å². The molecule has 2 heterocycles. The first kappa shape index (κ1) is 15.4. The van der Waals surface area contributed by atoms with E-state index < -0.39 is 0 Å². The van der Waals surface area contributed by atoms with Gasteiger partial charge in [-0.15, -0.1) is 0 Å². The van der Waals surface area contributed by atoms with Crippen LogP contribution < -0.4 is 14.2 Å². The number of nitrogens with zero attached hydrogens (tertiary/aromatic N) is 1. The van der Waals surface area contributed by atoms with Crippen molar-refractivity contribution in [3.05, 3.63) is 53.7 Å². The van der Waals surface area contributed by atoms with E-state index >= 15 is 0 Å². The normalized spacial score (nSPS) is 12.4. The molecule has 0 radical (unpaired) electrons. The van der Waals surface area contributed by atoms with Gasteiger partial charge in [0.1, 0.15) is 11.4 Å². The number of aromatic nitrogens is 1. The highest BCUT2D eigenvalue weighted by Crippen LogP contribution is 2.32. The number of benzene rings is 2. The van der Waals surface area contributed by atoms with E-state index in [1.807, 2.05) is 42.5 Å². The summed E-state index contributed by atoms with van der Waals surface area (Å²) in [7, 11) is 3.40. The molecule has 0 fully saturated rings. The summed E-state index contributed by atoms with van der Waals surface area (Å²) in [6, 6.07) is 13.2. The molecule has 128 valence electrons. The molecule has 2 aromatic carbocycles. The van der Waals surface area contributed by atoms with Gasteiger partial charge in [0.05, 0.1) is 7.11 Å². The molecule has 6 heteroatoms. The first-order valence-corrected chi connectivity index (χ1v) is 7.95. The molecule has 0 atom stereocenters. The number of carbonyl (C=O) groups is 1. The average molecular weight is 338 g/mol. The first-order chi connectivity index (χ1) is 12.1. The Kier molecular flexibility index (Phi) is 3.72. The van der Waals surface area contributed by atoms with E-state index in [9.17, 15) is 4.79 Å². The standard InChI is InChI=1S/C19H18N2O4/c1-21(10-12-3-6-17-18(7-12)25-11-24-17)19(22)16-8-13-4-5-14(23-2)9-15(13)20-16/h3-9,20H,10-11H2,1-2H3. The number of hydrogen-bond donors (Lipinski definition) is 1. The lowest BCUT2D eigenvalue weighted by Crippen LogP contribution is -2.26. The minimum absolute atomic E-state index is 0.0761. The molecular formula is C19H18N2O4. The fourth-order valence-corrected chi connectivity index (χ4v) is 2.94. The summed E-state index contributed by atoms with van der Waals surface area (Å²) in [5.74, 6) is 2.13. The van der Waals surface area contributed by atoms with Gasteiger partial charge in [-0.05, 0) is 35.9 Å². The van der Waals surface area contributed by atoms with Crippen LogP contribution in [0.5, 0.6) is 17.2 Å². The van der Waals surface area contributed by atoms with E-state index in [1.54, 1.807) is 19.1 Å². The molecule has 1 amide bonds. The number of fused-ring (bicyclic) bond motifs is 2.